The quantitative estimate of drug-likeness (QED) is 0.171. The van der Waals surface area contributed by atoms with E-state index in [-0.39, 0.29) is 0 Å². The van der Waals surface area contributed by atoms with Crippen LogP contribution in [0.2, 0.25) is 0 Å². The molecule has 0 saturated heterocycles. The molecular weight excluding hydrogens is 637 g/mol. The zero-order chi connectivity index (χ0) is 33.7. The first-order valence-electron chi connectivity index (χ1n) is 17.4. The second kappa shape index (κ2) is 12.2. The van der Waals surface area contributed by atoms with Gasteiger partial charge in [-0.15, -0.1) is 11.3 Å². The molecule has 0 atom stereocenters. The molecule has 10 aromatic rings. The number of benzene rings is 8. The van der Waals surface area contributed by atoms with Crippen LogP contribution in [0.4, 0.5) is 17.1 Å². The Hall–Kier alpha value is -6.42. The lowest BCUT2D eigenvalue weighted by atomic mass is 9.99. The van der Waals surface area contributed by atoms with Gasteiger partial charge < -0.3 is 9.47 Å². The lowest BCUT2D eigenvalue weighted by Gasteiger charge is -2.27. The Bertz CT molecular complexity index is 2850. The van der Waals surface area contributed by atoms with E-state index in [2.05, 4.69) is 204 Å². The van der Waals surface area contributed by atoms with E-state index in [1.807, 2.05) is 11.3 Å². The van der Waals surface area contributed by atoms with Gasteiger partial charge in [0.2, 0.25) is 0 Å². The van der Waals surface area contributed by atoms with Gasteiger partial charge in [-0.1, -0.05) is 133 Å². The highest BCUT2D eigenvalue weighted by Gasteiger charge is 2.22. The molecule has 0 aliphatic carbocycles. The highest BCUT2D eigenvalue weighted by molar-refractivity contribution is 7.26. The van der Waals surface area contributed by atoms with Crippen LogP contribution in [-0.2, 0) is 0 Å². The Balaban J connectivity index is 1.28. The molecule has 240 valence electrons. The van der Waals surface area contributed by atoms with Crippen LogP contribution in [-0.4, -0.2) is 4.57 Å². The molecule has 10 rings (SSSR count). The number of rotatable bonds is 6. The molecule has 0 aliphatic rings. The van der Waals surface area contributed by atoms with Gasteiger partial charge in [0.25, 0.3) is 0 Å². The summed E-state index contributed by atoms with van der Waals surface area (Å²) in [5.74, 6) is 0. The molecule has 2 nitrogen and oxygen atoms in total. The first kappa shape index (κ1) is 29.5. The molecular formula is C48H32N2S. The van der Waals surface area contributed by atoms with Gasteiger partial charge in [-0.05, 0) is 82.9 Å². The van der Waals surface area contributed by atoms with Crippen molar-refractivity contribution in [2.75, 3.05) is 4.90 Å². The fourth-order valence-corrected chi connectivity index (χ4v) is 8.91. The SMILES string of the molecule is c1ccc(-c2cccc(N(c3ccc4c(c3)c3c(-c5ccccc5)cccc3n4-c3ccccc3)c3cccc4c3sc3ccccc34)c2)cc1. The molecule has 3 heteroatoms. The number of fused-ring (bicyclic) bond motifs is 6. The molecule has 2 aromatic heterocycles. The predicted octanol–water partition coefficient (Wildman–Crippen LogP) is 14.0. The summed E-state index contributed by atoms with van der Waals surface area (Å²) < 4.78 is 4.99. The molecule has 0 fully saturated rings. The molecule has 0 N–H and O–H groups in total. The molecule has 0 unspecified atom stereocenters. The summed E-state index contributed by atoms with van der Waals surface area (Å²) in [6.45, 7) is 0. The number of nitrogens with zero attached hydrogens (tertiary/aromatic N) is 2. The minimum absolute atomic E-state index is 1.12. The lowest BCUT2D eigenvalue weighted by Crippen LogP contribution is -2.10. The number of hydrogen-bond donors (Lipinski definition) is 0. The van der Waals surface area contributed by atoms with E-state index in [1.165, 1.54) is 69.9 Å². The van der Waals surface area contributed by atoms with Crippen molar-refractivity contribution >= 4 is 70.4 Å². The van der Waals surface area contributed by atoms with Gasteiger partial charge in [0.1, 0.15) is 0 Å². The Morgan fingerprint density at radius 3 is 1.88 bits per heavy atom. The van der Waals surface area contributed by atoms with Crippen molar-refractivity contribution in [3.63, 3.8) is 0 Å². The number of para-hydroxylation sites is 1. The highest BCUT2D eigenvalue weighted by Crippen LogP contribution is 2.47. The molecule has 51 heavy (non-hydrogen) atoms. The smallest absolute Gasteiger partial charge is 0.0640 e. The van der Waals surface area contributed by atoms with E-state index in [0.29, 0.717) is 0 Å². The predicted molar refractivity (Wildman–Crippen MR) is 219 cm³/mol. The van der Waals surface area contributed by atoms with Crippen LogP contribution in [0.25, 0.3) is 69.9 Å². The zero-order valence-corrected chi connectivity index (χ0v) is 28.6. The minimum Gasteiger partial charge on any atom is -0.309 e. The summed E-state index contributed by atoms with van der Waals surface area (Å²) in [5, 5.41) is 5.05. The highest BCUT2D eigenvalue weighted by atomic mass is 32.1. The molecule has 0 aliphatic heterocycles. The topological polar surface area (TPSA) is 8.17 Å². The zero-order valence-electron chi connectivity index (χ0n) is 27.8. The van der Waals surface area contributed by atoms with Crippen LogP contribution in [0.1, 0.15) is 0 Å². The fraction of sp³-hybridized carbons (Fsp3) is 0. The maximum atomic E-state index is 2.46. The van der Waals surface area contributed by atoms with Crippen LogP contribution in [0.5, 0.6) is 0 Å². The third-order valence-electron chi connectivity index (χ3n) is 9.97. The Kier molecular flexibility index (Phi) is 7.04. The molecule has 0 amide bonds. The third-order valence-corrected chi connectivity index (χ3v) is 11.2. The fourth-order valence-electron chi connectivity index (χ4n) is 7.70. The number of aromatic nitrogens is 1. The van der Waals surface area contributed by atoms with E-state index in [4.69, 9.17) is 0 Å². The van der Waals surface area contributed by atoms with Crippen LogP contribution in [0, 0.1) is 0 Å². The van der Waals surface area contributed by atoms with E-state index in [0.717, 1.165) is 17.1 Å². The summed E-state index contributed by atoms with van der Waals surface area (Å²) >= 11 is 1.87. The monoisotopic (exact) mass is 668 g/mol. The molecule has 2 heterocycles. The van der Waals surface area contributed by atoms with E-state index in [9.17, 15) is 0 Å². The minimum atomic E-state index is 1.12. The van der Waals surface area contributed by atoms with Gasteiger partial charge >= 0.3 is 0 Å². The van der Waals surface area contributed by atoms with Gasteiger partial charge in [-0.3, -0.25) is 0 Å². The van der Waals surface area contributed by atoms with E-state index in [1.54, 1.807) is 0 Å². The van der Waals surface area contributed by atoms with Crippen molar-refractivity contribution in [3.8, 4) is 27.9 Å². The number of hydrogen-bond acceptors (Lipinski definition) is 2. The summed E-state index contributed by atoms with van der Waals surface area (Å²) in [6, 6.07) is 70.4. The Morgan fingerprint density at radius 1 is 0.412 bits per heavy atom. The summed E-state index contributed by atoms with van der Waals surface area (Å²) in [4.78, 5) is 2.46. The van der Waals surface area contributed by atoms with Gasteiger partial charge in [0.05, 0.1) is 21.4 Å². The molecule has 0 saturated carbocycles. The lowest BCUT2D eigenvalue weighted by molar-refractivity contribution is 1.18. The second-order valence-corrected chi connectivity index (χ2v) is 14.0. The first-order valence-corrected chi connectivity index (χ1v) is 18.2. The average Bonchev–Trinajstić information content (AvgIpc) is 3.75. The Morgan fingerprint density at radius 2 is 1.06 bits per heavy atom. The van der Waals surface area contributed by atoms with Crippen LogP contribution < -0.4 is 4.90 Å². The van der Waals surface area contributed by atoms with Gasteiger partial charge in [-0.25, -0.2) is 0 Å². The van der Waals surface area contributed by atoms with Crippen molar-refractivity contribution in [3.05, 3.63) is 194 Å². The molecule has 0 bridgehead atoms. The van der Waals surface area contributed by atoms with Gasteiger partial charge in [0.15, 0.2) is 0 Å². The molecule has 8 aromatic carbocycles. The van der Waals surface area contributed by atoms with Crippen molar-refractivity contribution in [1.29, 1.82) is 0 Å². The van der Waals surface area contributed by atoms with Crippen LogP contribution in [0.15, 0.2) is 194 Å². The maximum Gasteiger partial charge on any atom is 0.0640 e. The number of thiophene rings is 1. The van der Waals surface area contributed by atoms with E-state index >= 15 is 0 Å². The number of anilines is 3. The summed E-state index contributed by atoms with van der Waals surface area (Å²) in [7, 11) is 0. The largest absolute Gasteiger partial charge is 0.309 e. The first-order chi connectivity index (χ1) is 25.3. The van der Waals surface area contributed by atoms with E-state index < -0.39 is 0 Å². The van der Waals surface area contributed by atoms with Crippen molar-refractivity contribution < 1.29 is 0 Å². The summed E-state index contributed by atoms with van der Waals surface area (Å²) in [5.41, 5.74) is 11.8. The van der Waals surface area contributed by atoms with Crippen LogP contribution in [0.3, 0.4) is 0 Å². The standard InChI is InChI=1S/C48H32N2S/c1-4-15-33(16-5-1)35-19-12-22-37(31-35)49(45-27-14-25-41-40-23-10-11-28-46(40)51-48(41)45)38-29-30-43-42(32-38)47-39(34-17-6-2-7-18-34)24-13-26-44(47)50(43)36-20-8-3-9-21-36/h1-32H. The third kappa shape index (κ3) is 4.93. The normalized spacial score (nSPS) is 11.5. The molecule has 0 spiro atoms. The van der Waals surface area contributed by atoms with Crippen molar-refractivity contribution in [2.24, 2.45) is 0 Å². The van der Waals surface area contributed by atoms with Crippen molar-refractivity contribution in [2.45, 2.75) is 0 Å². The maximum absolute atomic E-state index is 2.46. The second-order valence-electron chi connectivity index (χ2n) is 12.9. The molecule has 0 radical (unpaired) electrons. The van der Waals surface area contributed by atoms with Crippen molar-refractivity contribution in [1.82, 2.24) is 4.57 Å². The van der Waals surface area contributed by atoms with Crippen LogP contribution >= 0.6 is 11.3 Å². The average molecular weight is 669 g/mol. The Labute approximate surface area is 300 Å². The van der Waals surface area contributed by atoms with Gasteiger partial charge in [0, 0.05) is 43.3 Å². The van der Waals surface area contributed by atoms with Gasteiger partial charge in [-0.2, -0.15) is 0 Å². The summed E-state index contributed by atoms with van der Waals surface area (Å²) in [6.07, 6.45) is 0.